The molecule has 6 heteroatoms. The van der Waals surface area contributed by atoms with Crippen molar-refractivity contribution in [3.8, 4) is 0 Å². The van der Waals surface area contributed by atoms with E-state index in [1.54, 1.807) is 29.5 Å². The van der Waals surface area contributed by atoms with Gasteiger partial charge in [-0.1, -0.05) is 18.2 Å². The minimum Gasteiger partial charge on any atom is -0.346 e. The van der Waals surface area contributed by atoms with Crippen LogP contribution in [0.5, 0.6) is 0 Å². The van der Waals surface area contributed by atoms with Crippen molar-refractivity contribution < 1.29 is 4.79 Å². The predicted molar refractivity (Wildman–Crippen MR) is 87.8 cm³/mol. The van der Waals surface area contributed by atoms with Gasteiger partial charge in [0.15, 0.2) is 0 Å². The van der Waals surface area contributed by atoms with Crippen molar-refractivity contribution in [2.75, 3.05) is 0 Å². The quantitative estimate of drug-likeness (QED) is 0.750. The molecule has 4 nitrogen and oxygen atoms in total. The molecule has 1 aromatic carbocycles. The van der Waals surface area contributed by atoms with Gasteiger partial charge in [0.1, 0.15) is 5.69 Å². The number of carbonyl (C=O) groups excluding carboxylic acids is 1. The minimum absolute atomic E-state index is 0.253. The Kier molecular flexibility index (Phi) is 3.90. The number of aromatic amines is 1. The summed E-state index contributed by atoms with van der Waals surface area (Å²) in [5.74, 6) is -0.289. The Morgan fingerprint density at radius 2 is 2.05 bits per heavy atom. The Labute approximate surface area is 133 Å². The Balaban J connectivity index is 1.83. The van der Waals surface area contributed by atoms with Crippen LogP contribution in [-0.2, 0) is 6.54 Å². The van der Waals surface area contributed by atoms with E-state index in [2.05, 4.69) is 26.2 Å². The first-order valence-corrected chi connectivity index (χ1v) is 7.89. The second kappa shape index (κ2) is 5.83. The van der Waals surface area contributed by atoms with Crippen molar-refractivity contribution in [1.29, 1.82) is 0 Å². The van der Waals surface area contributed by atoms with Crippen LogP contribution in [0.4, 0.5) is 0 Å². The van der Waals surface area contributed by atoms with E-state index in [4.69, 9.17) is 0 Å². The van der Waals surface area contributed by atoms with Crippen molar-refractivity contribution >= 4 is 43.9 Å². The molecule has 0 spiro atoms. The van der Waals surface area contributed by atoms with Crippen molar-refractivity contribution in [3.63, 3.8) is 0 Å². The second-order valence-electron chi connectivity index (χ2n) is 4.49. The second-order valence-corrected chi connectivity index (χ2v) is 7.04. The standard InChI is InChI=1S/C15H11BrN2O2S/c16-13-6-5-10(21-13)8-17-15(20)12-7-9-3-1-2-4-11(9)14(19)18-12/h1-7H,8H2,(H,17,20)(H,18,19). The average molecular weight is 363 g/mol. The first-order valence-electron chi connectivity index (χ1n) is 6.28. The topological polar surface area (TPSA) is 62.0 Å². The van der Waals surface area contributed by atoms with E-state index in [9.17, 15) is 9.59 Å². The highest BCUT2D eigenvalue weighted by molar-refractivity contribution is 9.11. The fraction of sp³-hybridized carbons (Fsp3) is 0.0667. The van der Waals surface area contributed by atoms with Gasteiger partial charge in [0.05, 0.1) is 10.3 Å². The van der Waals surface area contributed by atoms with Crippen LogP contribution in [0, 0.1) is 0 Å². The SMILES string of the molecule is O=C(NCc1ccc(Br)s1)c1cc2ccccc2c(=O)[nH]1. The Hall–Kier alpha value is -1.92. The maximum Gasteiger partial charge on any atom is 0.268 e. The zero-order chi connectivity index (χ0) is 14.8. The number of carbonyl (C=O) groups is 1. The molecular formula is C15H11BrN2O2S. The molecule has 0 fully saturated rings. The van der Waals surface area contributed by atoms with E-state index in [0.29, 0.717) is 11.9 Å². The number of aromatic nitrogens is 1. The third kappa shape index (κ3) is 3.06. The molecule has 0 bridgehead atoms. The molecule has 0 radical (unpaired) electrons. The van der Waals surface area contributed by atoms with Crippen molar-refractivity contribution in [2.45, 2.75) is 6.54 Å². The number of halogens is 1. The zero-order valence-electron chi connectivity index (χ0n) is 10.9. The summed E-state index contributed by atoms with van der Waals surface area (Å²) in [6.07, 6.45) is 0. The Bertz CT molecular complexity index is 869. The summed E-state index contributed by atoms with van der Waals surface area (Å²) >= 11 is 4.94. The summed E-state index contributed by atoms with van der Waals surface area (Å²) in [5.41, 5.74) is 0.0199. The van der Waals surface area contributed by atoms with Crippen LogP contribution < -0.4 is 10.9 Å². The van der Waals surface area contributed by atoms with Crippen LogP contribution in [0.2, 0.25) is 0 Å². The van der Waals surface area contributed by atoms with Gasteiger partial charge in [0.2, 0.25) is 0 Å². The first kappa shape index (κ1) is 14.0. The van der Waals surface area contributed by atoms with Crippen LogP contribution in [0.3, 0.4) is 0 Å². The van der Waals surface area contributed by atoms with E-state index in [1.807, 2.05) is 24.3 Å². The lowest BCUT2D eigenvalue weighted by atomic mass is 10.1. The molecule has 106 valence electrons. The van der Waals surface area contributed by atoms with Crippen LogP contribution in [0.1, 0.15) is 15.4 Å². The van der Waals surface area contributed by atoms with Gasteiger partial charge < -0.3 is 10.3 Å². The lowest BCUT2D eigenvalue weighted by Crippen LogP contribution is -2.25. The van der Waals surface area contributed by atoms with Gasteiger partial charge in [-0.05, 0) is 45.6 Å². The van der Waals surface area contributed by atoms with E-state index in [0.717, 1.165) is 14.0 Å². The van der Waals surface area contributed by atoms with Crippen LogP contribution in [0.25, 0.3) is 10.8 Å². The molecule has 1 amide bonds. The molecule has 2 N–H and O–H groups in total. The molecule has 0 saturated heterocycles. The smallest absolute Gasteiger partial charge is 0.268 e. The summed E-state index contributed by atoms with van der Waals surface area (Å²) < 4.78 is 1.02. The highest BCUT2D eigenvalue weighted by atomic mass is 79.9. The van der Waals surface area contributed by atoms with Gasteiger partial charge in [0.25, 0.3) is 11.5 Å². The number of pyridine rings is 1. The molecule has 0 aliphatic carbocycles. The van der Waals surface area contributed by atoms with Crippen molar-refractivity contribution in [3.05, 3.63) is 67.2 Å². The molecule has 0 atom stereocenters. The van der Waals surface area contributed by atoms with Gasteiger partial charge in [-0.15, -0.1) is 11.3 Å². The molecule has 0 unspecified atom stereocenters. The lowest BCUT2D eigenvalue weighted by Gasteiger charge is -2.05. The Morgan fingerprint density at radius 1 is 1.24 bits per heavy atom. The number of benzene rings is 1. The molecular weight excluding hydrogens is 352 g/mol. The zero-order valence-corrected chi connectivity index (χ0v) is 13.3. The number of amides is 1. The fourth-order valence-corrected chi connectivity index (χ4v) is 3.47. The number of H-pyrrole nitrogens is 1. The van der Waals surface area contributed by atoms with Crippen molar-refractivity contribution in [1.82, 2.24) is 10.3 Å². The van der Waals surface area contributed by atoms with E-state index >= 15 is 0 Å². The predicted octanol–water partition coefficient (Wildman–Crippen LogP) is 3.28. The van der Waals surface area contributed by atoms with Gasteiger partial charge >= 0.3 is 0 Å². The molecule has 3 aromatic rings. The number of thiophene rings is 1. The van der Waals surface area contributed by atoms with Gasteiger partial charge in [-0.25, -0.2) is 0 Å². The molecule has 3 rings (SSSR count). The summed E-state index contributed by atoms with van der Waals surface area (Å²) in [5, 5.41) is 4.14. The maximum absolute atomic E-state index is 12.1. The third-order valence-electron chi connectivity index (χ3n) is 3.05. The molecule has 0 saturated carbocycles. The number of fused-ring (bicyclic) bond motifs is 1. The highest BCUT2D eigenvalue weighted by Gasteiger charge is 2.09. The largest absolute Gasteiger partial charge is 0.346 e. The van der Waals surface area contributed by atoms with Crippen LogP contribution in [0.15, 0.2) is 51.0 Å². The summed E-state index contributed by atoms with van der Waals surface area (Å²) in [6.45, 7) is 0.434. The number of nitrogens with one attached hydrogen (secondary N) is 2. The number of rotatable bonds is 3. The Morgan fingerprint density at radius 3 is 2.81 bits per heavy atom. The molecule has 0 aliphatic heterocycles. The molecule has 0 aliphatic rings. The van der Waals surface area contributed by atoms with E-state index in [1.165, 1.54) is 0 Å². The van der Waals surface area contributed by atoms with Gasteiger partial charge in [-0.3, -0.25) is 9.59 Å². The average Bonchev–Trinajstić information content (AvgIpc) is 2.90. The summed E-state index contributed by atoms with van der Waals surface area (Å²) in [7, 11) is 0. The maximum atomic E-state index is 12.1. The van der Waals surface area contributed by atoms with E-state index < -0.39 is 0 Å². The van der Waals surface area contributed by atoms with E-state index in [-0.39, 0.29) is 17.2 Å². The minimum atomic E-state index is -0.289. The molecule has 2 heterocycles. The summed E-state index contributed by atoms with van der Waals surface area (Å²) in [6, 6.07) is 12.8. The highest BCUT2D eigenvalue weighted by Crippen LogP contribution is 2.21. The molecule has 21 heavy (non-hydrogen) atoms. The fourth-order valence-electron chi connectivity index (χ4n) is 2.04. The lowest BCUT2D eigenvalue weighted by molar-refractivity contribution is 0.0946. The monoisotopic (exact) mass is 362 g/mol. The summed E-state index contributed by atoms with van der Waals surface area (Å²) in [4.78, 5) is 27.7. The number of hydrogen-bond acceptors (Lipinski definition) is 3. The van der Waals surface area contributed by atoms with Crippen molar-refractivity contribution in [2.24, 2.45) is 0 Å². The molecule has 2 aromatic heterocycles. The van der Waals surface area contributed by atoms with Crippen LogP contribution in [-0.4, -0.2) is 10.9 Å². The normalized spacial score (nSPS) is 10.7. The first-order chi connectivity index (χ1) is 10.1. The number of hydrogen-bond donors (Lipinski definition) is 2. The van der Waals surface area contributed by atoms with Gasteiger partial charge in [-0.2, -0.15) is 0 Å². The van der Waals surface area contributed by atoms with Crippen LogP contribution >= 0.6 is 27.3 Å². The van der Waals surface area contributed by atoms with Gasteiger partial charge in [0, 0.05) is 10.3 Å². The third-order valence-corrected chi connectivity index (χ3v) is 4.67.